The maximum absolute atomic E-state index is 5.54. The average molecular weight is 362 g/mol. The molecule has 0 radical (unpaired) electrons. The van der Waals surface area contributed by atoms with Crippen molar-refractivity contribution in [2.45, 2.75) is 0 Å². The van der Waals surface area contributed by atoms with Crippen LogP contribution in [-0.2, 0) is 4.74 Å². The van der Waals surface area contributed by atoms with Crippen molar-refractivity contribution in [3.8, 4) is 22.7 Å². The van der Waals surface area contributed by atoms with Crippen LogP contribution in [0.2, 0.25) is 0 Å². The monoisotopic (exact) mass is 362 g/mol. The minimum absolute atomic E-state index is 0.708. The highest BCUT2D eigenvalue weighted by molar-refractivity contribution is 5.90. The van der Waals surface area contributed by atoms with Gasteiger partial charge in [-0.2, -0.15) is 10.2 Å². The molecule has 0 atom stereocenters. The Morgan fingerprint density at radius 1 is 1.04 bits per heavy atom. The van der Waals surface area contributed by atoms with Gasteiger partial charge in [-0.15, -0.1) is 0 Å². The third kappa shape index (κ3) is 3.85. The van der Waals surface area contributed by atoms with E-state index in [1.165, 1.54) is 0 Å². The third-order valence-electron chi connectivity index (χ3n) is 4.47. The Morgan fingerprint density at radius 2 is 1.78 bits per heavy atom. The van der Waals surface area contributed by atoms with Crippen molar-refractivity contribution >= 4 is 6.21 Å². The van der Waals surface area contributed by atoms with Crippen molar-refractivity contribution in [3.63, 3.8) is 0 Å². The van der Waals surface area contributed by atoms with Crippen molar-refractivity contribution in [2.75, 3.05) is 33.4 Å². The first kappa shape index (κ1) is 17.3. The van der Waals surface area contributed by atoms with E-state index in [9.17, 15) is 0 Å². The summed E-state index contributed by atoms with van der Waals surface area (Å²) < 4.78 is 12.8. The second-order valence-electron chi connectivity index (χ2n) is 6.22. The van der Waals surface area contributed by atoms with E-state index in [1.54, 1.807) is 7.11 Å². The second-order valence-corrected chi connectivity index (χ2v) is 6.22. The first-order valence-electron chi connectivity index (χ1n) is 9.00. The summed E-state index contributed by atoms with van der Waals surface area (Å²) >= 11 is 0. The molecular weight excluding hydrogens is 340 g/mol. The minimum Gasteiger partial charge on any atom is -0.496 e. The van der Waals surface area contributed by atoms with Crippen LogP contribution in [0.15, 0.2) is 65.9 Å². The summed E-state index contributed by atoms with van der Waals surface area (Å²) in [6, 6.07) is 18.0. The van der Waals surface area contributed by atoms with Crippen molar-refractivity contribution in [1.29, 1.82) is 0 Å². The molecule has 1 saturated heterocycles. The largest absolute Gasteiger partial charge is 0.496 e. The van der Waals surface area contributed by atoms with E-state index >= 15 is 0 Å². The lowest BCUT2D eigenvalue weighted by atomic mass is 10.1. The first-order valence-corrected chi connectivity index (χ1v) is 9.00. The van der Waals surface area contributed by atoms with Crippen LogP contribution >= 0.6 is 0 Å². The van der Waals surface area contributed by atoms with Gasteiger partial charge in [-0.1, -0.05) is 30.3 Å². The molecule has 0 aliphatic carbocycles. The fourth-order valence-electron chi connectivity index (χ4n) is 3.06. The van der Waals surface area contributed by atoms with Crippen LogP contribution in [0.4, 0.5) is 0 Å². The van der Waals surface area contributed by atoms with Crippen LogP contribution < -0.4 is 4.74 Å². The molecule has 0 N–H and O–H groups in total. The summed E-state index contributed by atoms with van der Waals surface area (Å²) in [5.41, 5.74) is 3.72. The van der Waals surface area contributed by atoms with Crippen molar-refractivity contribution in [1.82, 2.24) is 14.8 Å². The number of aromatic nitrogens is 2. The van der Waals surface area contributed by atoms with Gasteiger partial charge in [-0.3, -0.25) is 5.01 Å². The van der Waals surface area contributed by atoms with Gasteiger partial charge < -0.3 is 9.47 Å². The number of methoxy groups -OCH3 is 1. The molecule has 3 aromatic rings. The van der Waals surface area contributed by atoms with Gasteiger partial charge in [0.2, 0.25) is 0 Å². The van der Waals surface area contributed by atoms with Gasteiger partial charge >= 0.3 is 0 Å². The molecule has 2 heterocycles. The molecule has 2 aromatic carbocycles. The highest BCUT2D eigenvalue weighted by Crippen LogP contribution is 2.31. The van der Waals surface area contributed by atoms with E-state index in [2.05, 4.69) is 5.10 Å². The van der Waals surface area contributed by atoms with Gasteiger partial charge in [0.15, 0.2) is 0 Å². The Balaban J connectivity index is 1.75. The Kier molecular flexibility index (Phi) is 5.16. The molecule has 1 fully saturated rings. The van der Waals surface area contributed by atoms with Crippen molar-refractivity contribution < 1.29 is 9.47 Å². The van der Waals surface area contributed by atoms with E-state index in [0.29, 0.717) is 13.2 Å². The summed E-state index contributed by atoms with van der Waals surface area (Å²) in [5.74, 6) is 0.789. The van der Waals surface area contributed by atoms with Crippen LogP contribution in [0.25, 0.3) is 16.9 Å². The number of nitrogens with zero attached hydrogens (tertiary/aromatic N) is 4. The van der Waals surface area contributed by atoms with Gasteiger partial charge in [0.1, 0.15) is 11.4 Å². The Labute approximate surface area is 158 Å². The number of rotatable bonds is 5. The van der Waals surface area contributed by atoms with Crippen LogP contribution in [0.3, 0.4) is 0 Å². The van der Waals surface area contributed by atoms with Crippen LogP contribution in [0.5, 0.6) is 5.75 Å². The number of ether oxygens (including phenoxy) is 2. The van der Waals surface area contributed by atoms with Crippen LogP contribution in [0.1, 0.15) is 5.56 Å². The molecule has 0 saturated carbocycles. The van der Waals surface area contributed by atoms with Gasteiger partial charge in [-0.25, -0.2) is 4.68 Å². The summed E-state index contributed by atoms with van der Waals surface area (Å²) in [7, 11) is 1.68. The van der Waals surface area contributed by atoms with Crippen molar-refractivity contribution in [3.05, 3.63) is 66.4 Å². The second kappa shape index (κ2) is 8.05. The molecule has 1 aromatic heterocycles. The molecule has 0 bridgehead atoms. The highest BCUT2D eigenvalue weighted by atomic mass is 16.5. The van der Waals surface area contributed by atoms with Crippen molar-refractivity contribution in [2.24, 2.45) is 5.10 Å². The predicted molar refractivity (Wildman–Crippen MR) is 106 cm³/mol. The summed E-state index contributed by atoms with van der Waals surface area (Å²) in [5, 5.41) is 11.5. The third-order valence-corrected chi connectivity index (χ3v) is 4.47. The summed E-state index contributed by atoms with van der Waals surface area (Å²) in [6.07, 6.45) is 3.88. The molecule has 1 aliphatic heterocycles. The Bertz CT molecular complexity index is 915. The molecule has 0 amide bonds. The number of hydrogen-bond donors (Lipinski definition) is 0. The van der Waals surface area contributed by atoms with Gasteiger partial charge in [0, 0.05) is 17.3 Å². The maximum atomic E-state index is 5.54. The normalized spacial score (nSPS) is 14.6. The molecule has 1 aliphatic rings. The highest BCUT2D eigenvalue weighted by Gasteiger charge is 2.15. The predicted octanol–water partition coefficient (Wildman–Crippen LogP) is 3.21. The molecule has 27 heavy (non-hydrogen) atoms. The Hall–Kier alpha value is -3.12. The molecule has 6 nitrogen and oxygen atoms in total. The van der Waals surface area contributed by atoms with Gasteiger partial charge in [0.25, 0.3) is 0 Å². The molecule has 6 heteroatoms. The van der Waals surface area contributed by atoms with Gasteiger partial charge in [0.05, 0.1) is 45.3 Å². The zero-order chi connectivity index (χ0) is 18.5. The van der Waals surface area contributed by atoms with Gasteiger partial charge in [-0.05, 0) is 24.3 Å². The topological polar surface area (TPSA) is 51.9 Å². The maximum Gasteiger partial charge on any atom is 0.128 e. The minimum atomic E-state index is 0.708. The quantitative estimate of drug-likeness (QED) is 0.654. The van der Waals surface area contributed by atoms with Crippen LogP contribution in [0, 0.1) is 0 Å². The van der Waals surface area contributed by atoms with Crippen LogP contribution in [-0.4, -0.2) is 54.4 Å². The lowest BCUT2D eigenvalue weighted by Crippen LogP contribution is -2.32. The smallest absolute Gasteiger partial charge is 0.128 e. The van der Waals surface area contributed by atoms with E-state index in [1.807, 2.05) is 76.7 Å². The van der Waals surface area contributed by atoms with E-state index in [4.69, 9.17) is 14.6 Å². The van der Waals surface area contributed by atoms with E-state index in [-0.39, 0.29) is 0 Å². The molecule has 138 valence electrons. The van der Waals surface area contributed by atoms with E-state index < -0.39 is 0 Å². The molecule has 4 rings (SSSR count). The zero-order valence-corrected chi connectivity index (χ0v) is 15.3. The fraction of sp³-hybridized carbons (Fsp3) is 0.238. The lowest BCUT2D eigenvalue weighted by molar-refractivity contribution is 0.0397. The molecule has 0 unspecified atom stereocenters. The fourth-order valence-corrected chi connectivity index (χ4v) is 3.06. The SMILES string of the molecule is COc1ccccc1-c1nn(-c2ccccc2)cc1/C=N\N1CCOCC1. The average Bonchev–Trinajstić information content (AvgIpc) is 3.18. The zero-order valence-electron chi connectivity index (χ0n) is 15.3. The summed E-state index contributed by atoms with van der Waals surface area (Å²) in [4.78, 5) is 0. The number of hydrogen-bond acceptors (Lipinski definition) is 5. The number of para-hydroxylation sites is 2. The first-order chi connectivity index (χ1) is 13.3. The lowest BCUT2D eigenvalue weighted by Gasteiger charge is -2.23. The number of morpholine rings is 1. The summed E-state index contributed by atoms with van der Waals surface area (Å²) in [6.45, 7) is 3.01. The molecular formula is C21H22N4O2. The number of benzene rings is 2. The standard InChI is InChI=1S/C21H22N4O2/c1-26-20-10-6-5-9-19(20)21-17(15-22-24-11-13-27-14-12-24)16-25(23-21)18-7-3-2-4-8-18/h2-10,15-16H,11-14H2,1H3/b22-15-. The number of hydrazone groups is 1. The van der Waals surface area contributed by atoms with E-state index in [0.717, 1.165) is 41.3 Å². The molecule has 0 spiro atoms. The Morgan fingerprint density at radius 3 is 2.56 bits per heavy atom.